The van der Waals surface area contributed by atoms with Crippen molar-refractivity contribution in [2.45, 2.75) is 53.1 Å². The van der Waals surface area contributed by atoms with Gasteiger partial charge in [-0.1, -0.05) is 29.8 Å². The molecule has 152 valence electrons. The summed E-state index contributed by atoms with van der Waals surface area (Å²) in [6.45, 7) is 7.52. The summed E-state index contributed by atoms with van der Waals surface area (Å²) < 4.78 is 6.47. The molecule has 0 unspecified atom stereocenters. The van der Waals surface area contributed by atoms with Crippen LogP contribution in [-0.4, -0.2) is 23.0 Å². The Bertz CT molecular complexity index is 986. The Morgan fingerprint density at radius 1 is 1.14 bits per heavy atom. The molecule has 1 N–H and O–H groups in total. The van der Waals surface area contributed by atoms with Crippen LogP contribution in [0.4, 0.5) is 5.69 Å². The van der Waals surface area contributed by atoms with Gasteiger partial charge in [-0.05, 0) is 63.8 Å². The van der Waals surface area contributed by atoms with E-state index in [2.05, 4.69) is 10.3 Å². The molecule has 6 heteroatoms. The summed E-state index contributed by atoms with van der Waals surface area (Å²) in [5.41, 5.74) is 4.89. The number of rotatable bonds is 7. The Labute approximate surface area is 175 Å². The third-order valence-corrected chi connectivity index (χ3v) is 5.81. The van der Waals surface area contributed by atoms with Crippen molar-refractivity contribution in [3.8, 4) is 0 Å². The highest BCUT2D eigenvalue weighted by Gasteiger charge is 2.19. The van der Waals surface area contributed by atoms with E-state index in [1.165, 1.54) is 0 Å². The number of ether oxygens (including phenoxy) is 1. The molecule has 1 heterocycles. The number of benzene rings is 2. The highest BCUT2D eigenvalue weighted by atomic mass is 32.1. The molecule has 5 nitrogen and oxygen atoms in total. The topological polar surface area (TPSA) is 68.3 Å². The Balaban J connectivity index is 1.47. The van der Waals surface area contributed by atoms with E-state index < -0.39 is 6.10 Å². The largest absolute Gasteiger partial charge is 0.453 e. The molecule has 0 saturated carbocycles. The summed E-state index contributed by atoms with van der Waals surface area (Å²) in [5, 5.41) is 3.89. The number of para-hydroxylation sites is 1. The van der Waals surface area contributed by atoms with Crippen LogP contribution in [0.2, 0.25) is 0 Å². The lowest BCUT2D eigenvalue weighted by atomic mass is 10.0. The van der Waals surface area contributed by atoms with Crippen molar-refractivity contribution in [2.75, 3.05) is 5.32 Å². The van der Waals surface area contributed by atoms with Crippen LogP contribution in [-0.2, 0) is 20.7 Å². The first-order valence-electron chi connectivity index (χ1n) is 9.76. The summed E-state index contributed by atoms with van der Waals surface area (Å²) in [5.74, 6) is -0.689. The van der Waals surface area contributed by atoms with Gasteiger partial charge < -0.3 is 10.1 Å². The Morgan fingerprint density at radius 2 is 1.83 bits per heavy atom. The van der Waals surface area contributed by atoms with Gasteiger partial charge in [0.15, 0.2) is 6.10 Å². The van der Waals surface area contributed by atoms with Gasteiger partial charge in [0.1, 0.15) is 0 Å². The first-order chi connectivity index (χ1) is 13.8. The molecule has 3 rings (SSSR count). The second-order valence-corrected chi connectivity index (χ2v) is 8.44. The van der Waals surface area contributed by atoms with Crippen LogP contribution >= 0.6 is 11.3 Å². The number of aromatic nitrogens is 1. The highest BCUT2D eigenvalue weighted by Crippen LogP contribution is 2.23. The molecule has 0 fully saturated rings. The number of fused-ring (bicyclic) bond motifs is 1. The number of thiazole rings is 1. The molecule has 0 aliphatic rings. The van der Waals surface area contributed by atoms with Crippen LogP contribution < -0.4 is 5.32 Å². The normalized spacial score (nSPS) is 12.0. The fourth-order valence-corrected chi connectivity index (χ4v) is 4.33. The van der Waals surface area contributed by atoms with Crippen LogP contribution in [0.15, 0.2) is 36.4 Å². The molecule has 1 atom stereocenters. The zero-order valence-electron chi connectivity index (χ0n) is 17.2. The lowest BCUT2D eigenvalue weighted by Crippen LogP contribution is -2.30. The molecule has 0 bridgehead atoms. The summed E-state index contributed by atoms with van der Waals surface area (Å²) in [4.78, 5) is 29.1. The van der Waals surface area contributed by atoms with Crippen LogP contribution in [0.5, 0.6) is 0 Å². The first-order valence-corrected chi connectivity index (χ1v) is 10.6. The summed E-state index contributed by atoms with van der Waals surface area (Å²) in [6.07, 6.45) is 0.779. The van der Waals surface area contributed by atoms with E-state index in [-0.39, 0.29) is 18.3 Å². The van der Waals surface area contributed by atoms with Crippen molar-refractivity contribution in [3.63, 3.8) is 0 Å². The quantitative estimate of drug-likeness (QED) is 0.549. The smallest absolute Gasteiger partial charge is 0.306 e. The first kappa shape index (κ1) is 21.0. The Kier molecular flexibility index (Phi) is 6.64. The van der Waals surface area contributed by atoms with Gasteiger partial charge in [-0.3, -0.25) is 9.59 Å². The van der Waals surface area contributed by atoms with Gasteiger partial charge in [0.2, 0.25) is 0 Å². The zero-order valence-corrected chi connectivity index (χ0v) is 18.1. The summed E-state index contributed by atoms with van der Waals surface area (Å²) >= 11 is 1.65. The molecule has 29 heavy (non-hydrogen) atoms. The Hall–Kier alpha value is -2.73. The van der Waals surface area contributed by atoms with Gasteiger partial charge in [0.05, 0.1) is 15.2 Å². The second-order valence-electron chi connectivity index (χ2n) is 7.32. The maximum Gasteiger partial charge on any atom is 0.306 e. The number of hydrogen-bond acceptors (Lipinski definition) is 5. The van der Waals surface area contributed by atoms with E-state index in [9.17, 15) is 9.59 Å². The van der Waals surface area contributed by atoms with Crippen LogP contribution in [0.25, 0.3) is 10.2 Å². The van der Waals surface area contributed by atoms with Crippen molar-refractivity contribution < 1.29 is 14.3 Å². The van der Waals surface area contributed by atoms with Crippen LogP contribution in [0.3, 0.4) is 0 Å². The zero-order chi connectivity index (χ0) is 21.0. The van der Waals surface area contributed by atoms with Crippen molar-refractivity contribution in [1.29, 1.82) is 0 Å². The van der Waals surface area contributed by atoms with Gasteiger partial charge >= 0.3 is 5.97 Å². The second kappa shape index (κ2) is 9.18. The van der Waals surface area contributed by atoms with Crippen molar-refractivity contribution >= 4 is 39.1 Å². The molecule has 0 aliphatic heterocycles. The summed E-state index contributed by atoms with van der Waals surface area (Å²) in [7, 11) is 0. The molecule has 0 radical (unpaired) electrons. The average Bonchev–Trinajstić information content (AvgIpc) is 3.07. The van der Waals surface area contributed by atoms with Crippen molar-refractivity contribution in [1.82, 2.24) is 4.98 Å². The van der Waals surface area contributed by atoms with E-state index in [1.54, 1.807) is 18.3 Å². The number of nitrogens with zero attached hydrogens (tertiary/aromatic N) is 1. The molecular weight excluding hydrogens is 384 g/mol. The van der Waals surface area contributed by atoms with Crippen LogP contribution in [0.1, 0.15) is 41.5 Å². The van der Waals surface area contributed by atoms with Gasteiger partial charge in [0, 0.05) is 12.1 Å². The van der Waals surface area contributed by atoms with Gasteiger partial charge in [-0.15, -0.1) is 11.3 Å². The standard InChI is InChI=1S/C23H26N2O3S/c1-14-12-15(2)22(16(3)13-14)25-23(27)17(4)28-21(26)11-7-10-20-24-18-8-5-6-9-19(18)29-20/h5-6,8-9,12-13,17H,7,10-11H2,1-4H3,(H,25,27)/t17-/m0/s1. The number of amides is 1. The Morgan fingerprint density at radius 3 is 2.52 bits per heavy atom. The fraction of sp³-hybridized carbons (Fsp3) is 0.348. The molecular formula is C23H26N2O3S. The monoisotopic (exact) mass is 410 g/mol. The minimum Gasteiger partial charge on any atom is -0.453 e. The molecule has 1 amide bonds. The van der Waals surface area contributed by atoms with Gasteiger partial charge in [-0.2, -0.15) is 0 Å². The molecule has 3 aromatic rings. The van der Waals surface area contributed by atoms with E-state index in [1.807, 2.05) is 57.2 Å². The molecule has 0 spiro atoms. The van der Waals surface area contributed by atoms with Crippen LogP contribution in [0, 0.1) is 20.8 Å². The lowest BCUT2D eigenvalue weighted by molar-refractivity contribution is -0.153. The van der Waals surface area contributed by atoms with Crippen molar-refractivity contribution in [2.24, 2.45) is 0 Å². The molecule has 0 aliphatic carbocycles. The third kappa shape index (κ3) is 5.41. The number of carbonyl (C=O) groups excluding carboxylic acids is 2. The summed E-state index contributed by atoms with van der Waals surface area (Å²) in [6, 6.07) is 12.0. The minimum absolute atomic E-state index is 0.260. The molecule has 1 aromatic heterocycles. The predicted octanol–water partition coefficient (Wildman–Crippen LogP) is 5.11. The fourth-order valence-electron chi connectivity index (χ4n) is 3.32. The van der Waals surface area contributed by atoms with E-state index >= 15 is 0 Å². The van der Waals surface area contributed by atoms with Gasteiger partial charge in [0.25, 0.3) is 5.91 Å². The number of esters is 1. The SMILES string of the molecule is Cc1cc(C)c(NC(=O)[C@H](C)OC(=O)CCCc2nc3ccccc3s2)c(C)c1. The number of aryl methyl sites for hydroxylation is 4. The van der Waals surface area contributed by atoms with E-state index in [0.29, 0.717) is 6.42 Å². The van der Waals surface area contributed by atoms with Crippen molar-refractivity contribution in [3.05, 3.63) is 58.1 Å². The highest BCUT2D eigenvalue weighted by molar-refractivity contribution is 7.18. The van der Waals surface area contributed by atoms with E-state index in [4.69, 9.17) is 4.74 Å². The van der Waals surface area contributed by atoms with E-state index in [0.717, 1.165) is 44.0 Å². The maximum atomic E-state index is 12.4. The maximum absolute atomic E-state index is 12.4. The lowest BCUT2D eigenvalue weighted by Gasteiger charge is -2.17. The number of hydrogen-bond donors (Lipinski definition) is 1. The molecule has 0 saturated heterocycles. The number of nitrogens with one attached hydrogen (secondary N) is 1. The third-order valence-electron chi connectivity index (χ3n) is 4.71. The minimum atomic E-state index is -0.843. The molecule has 2 aromatic carbocycles. The number of anilines is 1. The van der Waals surface area contributed by atoms with Gasteiger partial charge in [-0.25, -0.2) is 4.98 Å². The average molecular weight is 411 g/mol. The number of carbonyl (C=O) groups is 2. The predicted molar refractivity (Wildman–Crippen MR) is 117 cm³/mol.